The van der Waals surface area contributed by atoms with Crippen molar-refractivity contribution in [1.82, 2.24) is 24.1 Å². The largest absolute Gasteiger partial charge is 0.455 e. The number of hydrogen-bond acceptors (Lipinski definition) is 4. The van der Waals surface area contributed by atoms with E-state index in [4.69, 9.17) is 19.4 Å². The van der Waals surface area contributed by atoms with Crippen LogP contribution in [0.2, 0.25) is 0 Å². The average Bonchev–Trinajstić information content (AvgIpc) is 4.10. The van der Waals surface area contributed by atoms with Gasteiger partial charge in [0, 0.05) is 54.5 Å². The Balaban J connectivity index is 1.10. The van der Waals surface area contributed by atoms with Gasteiger partial charge >= 0.3 is 0 Å². The summed E-state index contributed by atoms with van der Waals surface area (Å²) in [5, 5.41) is 11.0. The standard InChI is InChI=1S/C65H39N5O/c1-3-17-40(18-4-1)42-22-15-23-45(37-42)63-66-64(52-30-16-29-50-48-27-11-13-31-54(48)69(61(50)52)46-24-5-2-6-25-46)68-65(67-63)60-56(35-36-58-59(60)51-34-33-41-19-9-10-26-47(41)62(51)71-58)70-55-32-14-12-28-49(55)53-38-43-20-7-8-21-44(43)39-57(53)70/h1-39H. The fraction of sp³-hybridized carbons (Fsp3) is 0. The molecule has 0 aliphatic carbocycles. The molecule has 0 atom stereocenters. The molecule has 0 saturated heterocycles. The van der Waals surface area contributed by atoms with Crippen LogP contribution in [0.1, 0.15) is 0 Å². The molecule has 4 aromatic heterocycles. The normalized spacial score (nSPS) is 11.9. The van der Waals surface area contributed by atoms with Crippen molar-refractivity contribution < 1.29 is 4.42 Å². The number of aromatic nitrogens is 5. The summed E-state index contributed by atoms with van der Waals surface area (Å²) < 4.78 is 11.8. The number of furan rings is 1. The van der Waals surface area contributed by atoms with E-state index in [2.05, 4.69) is 240 Å². The molecule has 15 aromatic rings. The monoisotopic (exact) mass is 905 g/mol. The SMILES string of the molecule is c1ccc(-c2cccc(-c3nc(-c4c(-n5c6ccccc6c6cc7ccccc7cc65)ccc5oc6c7ccccc7ccc6c45)nc(-c4cccc5c6ccccc6n(-c6ccccc6)c45)n3)c2)cc1. The van der Waals surface area contributed by atoms with Crippen molar-refractivity contribution in [3.63, 3.8) is 0 Å². The topological polar surface area (TPSA) is 61.7 Å². The third-order valence-corrected chi connectivity index (χ3v) is 14.3. The maximum absolute atomic E-state index is 7.00. The number of rotatable bonds is 6. The second kappa shape index (κ2) is 15.4. The fourth-order valence-corrected chi connectivity index (χ4v) is 11.2. The van der Waals surface area contributed by atoms with Crippen LogP contribution in [0.3, 0.4) is 0 Å². The Morgan fingerprint density at radius 2 is 0.944 bits per heavy atom. The second-order valence-electron chi connectivity index (χ2n) is 18.3. The lowest BCUT2D eigenvalue weighted by Crippen LogP contribution is -2.05. The first-order valence-corrected chi connectivity index (χ1v) is 24.0. The highest BCUT2D eigenvalue weighted by Gasteiger charge is 2.27. The molecule has 0 saturated carbocycles. The van der Waals surface area contributed by atoms with Crippen molar-refractivity contribution in [3.05, 3.63) is 237 Å². The first-order valence-electron chi connectivity index (χ1n) is 24.0. The van der Waals surface area contributed by atoms with Gasteiger partial charge in [0.25, 0.3) is 0 Å². The molecule has 4 heterocycles. The van der Waals surface area contributed by atoms with Crippen LogP contribution in [0, 0.1) is 0 Å². The molecule has 0 fully saturated rings. The smallest absolute Gasteiger partial charge is 0.166 e. The minimum Gasteiger partial charge on any atom is -0.455 e. The minimum atomic E-state index is 0.540. The summed E-state index contributed by atoms with van der Waals surface area (Å²) in [6, 6.07) is 83.8. The molecule has 0 spiro atoms. The zero-order valence-corrected chi connectivity index (χ0v) is 38.2. The van der Waals surface area contributed by atoms with Gasteiger partial charge in [-0.3, -0.25) is 0 Å². The van der Waals surface area contributed by atoms with Gasteiger partial charge in [-0.25, -0.2) is 15.0 Å². The van der Waals surface area contributed by atoms with Gasteiger partial charge in [-0.1, -0.05) is 170 Å². The Kier molecular flexibility index (Phi) is 8.56. The minimum absolute atomic E-state index is 0.540. The van der Waals surface area contributed by atoms with Crippen molar-refractivity contribution in [2.75, 3.05) is 0 Å². The van der Waals surface area contributed by atoms with Crippen molar-refractivity contribution in [1.29, 1.82) is 0 Å². The Hall–Kier alpha value is -9.65. The molecule has 6 heteroatoms. The molecule has 0 unspecified atom stereocenters. The van der Waals surface area contributed by atoms with E-state index in [9.17, 15) is 0 Å². The third kappa shape index (κ3) is 6.05. The van der Waals surface area contributed by atoms with Crippen LogP contribution in [-0.4, -0.2) is 24.1 Å². The summed E-state index contributed by atoms with van der Waals surface area (Å²) in [6.07, 6.45) is 0. The molecule has 15 rings (SSSR count). The van der Waals surface area contributed by atoms with Crippen LogP contribution in [0.4, 0.5) is 0 Å². The van der Waals surface area contributed by atoms with Gasteiger partial charge in [0.1, 0.15) is 11.2 Å². The number of hydrogen-bond donors (Lipinski definition) is 0. The van der Waals surface area contributed by atoms with Gasteiger partial charge in [-0.2, -0.15) is 0 Å². The van der Waals surface area contributed by atoms with E-state index in [0.717, 1.165) is 116 Å². The van der Waals surface area contributed by atoms with Gasteiger partial charge in [0.2, 0.25) is 0 Å². The highest BCUT2D eigenvalue weighted by Crippen LogP contribution is 2.46. The van der Waals surface area contributed by atoms with Gasteiger partial charge in [-0.15, -0.1) is 0 Å². The van der Waals surface area contributed by atoms with Crippen LogP contribution in [0.25, 0.3) is 144 Å². The van der Waals surface area contributed by atoms with Crippen LogP contribution >= 0.6 is 0 Å². The maximum atomic E-state index is 7.00. The fourth-order valence-electron chi connectivity index (χ4n) is 11.2. The summed E-state index contributed by atoms with van der Waals surface area (Å²) in [7, 11) is 0. The first-order chi connectivity index (χ1) is 35.2. The Morgan fingerprint density at radius 1 is 0.338 bits per heavy atom. The molecular weight excluding hydrogens is 867 g/mol. The molecular formula is C65H39N5O. The maximum Gasteiger partial charge on any atom is 0.166 e. The number of fused-ring (bicyclic) bond motifs is 12. The van der Waals surface area contributed by atoms with Crippen LogP contribution in [-0.2, 0) is 0 Å². The van der Waals surface area contributed by atoms with Crippen LogP contribution in [0.5, 0.6) is 0 Å². The molecule has 330 valence electrons. The molecule has 71 heavy (non-hydrogen) atoms. The number of para-hydroxylation sites is 4. The zero-order chi connectivity index (χ0) is 46.6. The van der Waals surface area contributed by atoms with Crippen LogP contribution < -0.4 is 0 Å². The van der Waals surface area contributed by atoms with Gasteiger partial charge in [0.05, 0.1) is 33.3 Å². The third-order valence-electron chi connectivity index (χ3n) is 14.3. The highest BCUT2D eigenvalue weighted by atomic mass is 16.3. The van der Waals surface area contributed by atoms with Crippen LogP contribution in [0.15, 0.2) is 241 Å². The van der Waals surface area contributed by atoms with E-state index in [1.807, 2.05) is 6.07 Å². The van der Waals surface area contributed by atoms with Gasteiger partial charge in [-0.05, 0) is 94.0 Å². The summed E-state index contributed by atoms with van der Waals surface area (Å²) in [5.41, 5.74) is 12.7. The molecule has 11 aromatic carbocycles. The number of benzene rings is 11. The zero-order valence-electron chi connectivity index (χ0n) is 38.2. The van der Waals surface area contributed by atoms with E-state index in [1.165, 1.54) is 10.8 Å². The van der Waals surface area contributed by atoms with Crippen molar-refractivity contribution >= 4 is 87.1 Å². The Labute approximate surface area is 407 Å². The molecule has 0 aliphatic heterocycles. The van der Waals surface area contributed by atoms with Crippen molar-refractivity contribution in [2.24, 2.45) is 0 Å². The molecule has 0 radical (unpaired) electrons. The summed E-state index contributed by atoms with van der Waals surface area (Å²) in [5.74, 6) is 1.67. The predicted octanol–water partition coefficient (Wildman–Crippen LogP) is 16.9. The lowest BCUT2D eigenvalue weighted by atomic mass is 10.00. The molecule has 6 nitrogen and oxygen atoms in total. The van der Waals surface area contributed by atoms with E-state index in [-0.39, 0.29) is 0 Å². The van der Waals surface area contributed by atoms with Gasteiger partial charge < -0.3 is 13.6 Å². The Morgan fingerprint density at radius 3 is 1.76 bits per heavy atom. The Bertz CT molecular complexity index is 4640. The van der Waals surface area contributed by atoms with E-state index in [0.29, 0.717) is 17.5 Å². The van der Waals surface area contributed by atoms with Gasteiger partial charge in [0.15, 0.2) is 17.5 Å². The van der Waals surface area contributed by atoms with E-state index >= 15 is 0 Å². The predicted molar refractivity (Wildman–Crippen MR) is 293 cm³/mol. The van der Waals surface area contributed by atoms with Crippen molar-refractivity contribution in [2.45, 2.75) is 0 Å². The molecule has 0 amide bonds. The highest BCUT2D eigenvalue weighted by molar-refractivity contribution is 6.21. The van der Waals surface area contributed by atoms with E-state index in [1.54, 1.807) is 0 Å². The average molecular weight is 906 g/mol. The first kappa shape index (κ1) is 39.4. The summed E-state index contributed by atoms with van der Waals surface area (Å²) in [6.45, 7) is 0. The summed E-state index contributed by atoms with van der Waals surface area (Å²) >= 11 is 0. The molecule has 0 aliphatic rings. The number of nitrogens with zero attached hydrogens (tertiary/aromatic N) is 5. The lowest BCUT2D eigenvalue weighted by molar-refractivity contribution is 0.672. The lowest BCUT2D eigenvalue weighted by Gasteiger charge is -2.17. The van der Waals surface area contributed by atoms with Crippen molar-refractivity contribution in [3.8, 4) is 56.7 Å². The van der Waals surface area contributed by atoms with E-state index < -0.39 is 0 Å². The summed E-state index contributed by atoms with van der Waals surface area (Å²) in [4.78, 5) is 16.9. The molecule has 0 bridgehead atoms. The quantitative estimate of drug-likeness (QED) is 0.167. The molecule has 0 N–H and O–H groups in total. The second-order valence-corrected chi connectivity index (χ2v) is 18.3.